The molecule has 2 aromatic rings. The SMILES string of the molecule is Cc1cccc(C(N)c2nc(SCC(N)=O)n[nH]2)c1. The second-order valence-corrected chi connectivity index (χ2v) is 5.09. The van der Waals surface area contributed by atoms with Gasteiger partial charge < -0.3 is 11.5 Å². The number of carbonyl (C=O) groups is 1. The number of amides is 1. The van der Waals surface area contributed by atoms with E-state index >= 15 is 0 Å². The van der Waals surface area contributed by atoms with E-state index in [-0.39, 0.29) is 11.8 Å². The van der Waals surface area contributed by atoms with Crippen LogP contribution in [0.25, 0.3) is 0 Å². The van der Waals surface area contributed by atoms with Crippen molar-refractivity contribution in [1.29, 1.82) is 0 Å². The normalized spacial score (nSPS) is 12.3. The minimum absolute atomic E-state index is 0.150. The fourth-order valence-corrected chi connectivity index (χ4v) is 2.16. The Balaban J connectivity index is 2.11. The molecule has 1 heterocycles. The number of primary amides is 1. The molecule has 1 amide bonds. The van der Waals surface area contributed by atoms with Crippen molar-refractivity contribution in [2.45, 2.75) is 18.1 Å². The van der Waals surface area contributed by atoms with Crippen molar-refractivity contribution in [2.24, 2.45) is 11.5 Å². The maximum atomic E-state index is 10.7. The molecule has 0 radical (unpaired) electrons. The second kappa shape index (κ2) is 5.85. The lowest BCUT2D eigenvalue weighted by Gasteiger charge is -2.08. The number of hydrogen-bond acceptors (Lipinski definition) is 5. The zero-order valence-electron chi connectivity index (χ0n) is 10.5. The molecule has 0 saturated heterocycles. The molecule has 1 unspecified atom stereocenters. The maximum absolute atomic E-state index is 10.7. The van der Waals surface area contributed by atoms with E-state index in [2.05, 4.69) is 15.2 Å². The Morgan fingerprint density at radius 3 is 3.00 bits per heavy atom. The van der Waals surface area contributed by atoms with Gasteiger partial charge in [0.05, 0.1) is 11.8 Å². The number of nitrogens with one attached hydrogen (secondary N) is 1. The van der Waals surface area contributed by atoms with Gasteiger partial charge in [-0.25, -0.2) is 4.98 Å². The molecule has 1 atom stereocenters. The number of rotatable bonds is 5. The van der Waals surface area contributed by atoms with Crippen LogP contribution in [0.1, 0.15) is 23.0 Å². The highest BCUT2D eigenvalue weighted by Crippen LogP contribution is 2.19. The van der Waals surface area contributed by atoms with Crippen LogP contribution in [0.4, 0.5) is 0 Å². The number of aromatic nitrogens is 3. The van der Waals surface area contributed by atoms with Crippen molar-refractivity contribution in [1.82, 2.24) is 15.2 Å². The smallest absolute Gasteiger partial charge is 0.227 e. The Labute approximate surface area is 115 Å². The molecule has 100 valence electrons. The highest BCUT2D eigenvalue weighted by atomic mass is 32.2. The number of hydrogen-bond donors (Lipinski definition) is 3. The van der Waals surface area contributed by atoms with Crippen LogP contribution < -0.4 is 11.5 Å². The van der Waals surface area contributed by atoms with E-state index in [1.54, 1.807) is 0 Å². The highest BCUT2D eigenvalue weighted by Gasteiger charge is 2.14. The summed E-state index contributed by atoms with van der Waals surface area (Å²) in [7, 11) is 0. The molecule has 0 saturated carbocycles. The lowest BCUT2D eigenvalue weighted by atomic mass is 10.1. The predicted octanol–water partition coefficient (Wildman–Crippen LogP) is 0.739. The maximum Gasteiger partial charge on any atom is 0.227 e. The summed E-state index contributed by atoms with van der Waals surface area (Å²) in [6.45, 7) is 2.00. The van der Waals surface area contributed by atoms with Crippen LogP contribution in [-0.4, -0.2) is 26.8 Å². The number of H-pyrrole nitrogens is 1. The zero-order valence-corrected chi connectivity index (χ0v) is 11.3. The van der Waals surface area contributed by atoms with Crippen LogP contribution in [0.2, 0.25) is 0 Å². The van der Waals surface area contributed by atoms with Gasteiger partial charge in [-0.15, -0.1) is 5.10 Å². The summed E-state index contributed by atoms with van der Waals surface area (Å²) >= 11 is 1.18. The second-order valence-electron chi connectivity index (χ2n) is 4.15. The number of thioether (sulfide) groups is 1. The van der Waals surface area contributed by atoms with E-state index in [0.717, 1.165) is 11.1 Å². The first-order valence-corrected chi connectivity index (χ1v) is 6.70. The van der Waals surface area contributed by atoms with E-state index < -0.39 is 5.91 Å². The molecule has 1 aromatic heterocycles. The lowest BCUT2D eigenvalue weighted by Crippen LogP contribution is -2.14. The molecule has 1 aromatic carbocycles. The van der Waals surface area contributed by atoms with Crippen molar-refractivity contribution in [3.8, 4) is 0 Å². The number of aromatic amines is 1. The Hall–Kier alpha value is -1.86. The molecule has 0 aliphatic heterocycles. The van der Waals surface area contributed by atoms with Crippen molar-refractivity contribution in [2.75, 3.05) is 5.75 Å². The molecule has 6 nitrogen and oxygen atoms in total. The first kappa shape index (κ1) is 13.6. The third-order valence-corrected chi connectivity index (χ3v) is 3.39. The summed E-state index contributed by atoms with van der Waals surface area (Å²) in [5.41, 5.74) is 13.3. The molecule has 7 heteroatoms. The predicted molar refractivity (Wildman–Crippen MR) is 73.5 cm³/mol. The fourth-order valence-electron chi connectivity index (χ4n) is 1.62. The van der Waals surface area contributed by atoms with E-state index in [9.17, 15) is 4.79 Å². The Bertz CT molecular complexity index is 583. The molecular weight excluding hydrogens is 262 g/mol. The first-order valence-electron chi connectivity index (χ1n) is 5.72. The molecule has 0 spiro atoms. The van der Waals surface area contributed by atoms with Crippen LogP contribution in [0.5, 0.6) is 0 Å². The van der Waals surface area contributed by atoms with Crippen LogP contribution in [0, 0.1) is 6.92 Å². The van der Waals surface area contributed by atoms with Gasteiger partial charge >= 0.3 is 0 Å². The topological polar surface area (TPSA) is 111 Å². The van der Waals surface area contributed by atoms with Gasteiger partial charge in [-0.2, -0.15) is 0 Å². The van der Waals surface area contributed by atoms with Gasteiger partial charge in [0, 0.05) is 0 Å². The first-order chi connectivity index (χ1) is 9.06. The van der Waals surface area contributed by atoms with Gasteiger partial charge in [0.25, 0.3) is 0 Å². The Morgan fingerprint density at radius 1 is 1.53 bits per heavy atom. The molecule has 5 N–H and O–H groups in total. The third kappa shape index (κ3) is 3.55. The van der Waals surface area contributed by atoms with E-state index in [0.29, 0.717) is 11.0 Å². The molecule has 19 heavy (non-hydrogen) atoms. The number of carbonyl (C=O) groups excluding carboxylic acids is 1. The highest BCUT2D eigenvalue weighted by molar-refractivity contribution is 7.99. The van der Waals surface area contributed by atoms with Crippen LogP contribution in [0.3, 0.4) is 0 Å². The van der Waals surface area contributed by atoms with Crippen LogP contribution >= 0.6 is 11.8 Å². The Morgan fingerprint density at radius 2 is 2.32 bits per heavy atom. The lowest BCUT2D eigenvalue weighted by molar-refractivity contribution is -0.115. The summed E-state index contributed by atoms with van der Waals surface area (Å²) < 4.78 is 0. The Kier molecular flexibility index (Phi) is 4.18. The van der Waals surface area contributed by atoms with Crippen LogP contribution in [-0.2, 0) is 4.79 Å². The fraction of sp³-hybridized carbons (Fsp3) is 0.250. The van der Waals surface area contributed by atoms with Crippen molar-refractivity contribution < 1.29 is 4.79 Å². The van der Waals surface area contributed by atoms with E-state index in [1.807, 2.05) is 31.2 Å². The van der Waals surface area contributed by atoms with Gasteiger partial charge in [0.15, 0.2) is 0 Å². The average Bonchev–Trinajstić information content (AvgIpc) is 2.84. The summed E-state index contributed by atoms with van der Waals surface area (Å²) in [6.07, 6.45) is 0. The minimum atomic E-state index is -0.403. The summed E-state index contributed by atoms with van der Waals surface area (Å²) in [6, 6.07) is 7.53. The summed E-state index contributed by atoms with van der Waals surface area (Å²) in [4.78, 5) is 14.9. The van der Waals surface area contributed by atoms with Gasteiger partial charge in [-0.3, -0.25) is 9.89 Å². The third-order valence-electron chi connectivity index (χ3n) is 2.52. The standard InChI is InChI=1S/C12H15N5OS/c1-7-3-2-4-8(5-7)10(14)11-15-12(17-16-11)19-6-9(13)18/h2-5,10H,6,14H2,1H3,(H2,13,18)(H,15,16,17). The number of aryl methyl sites for hydroxylation is 1. The zero-order chi connectivity index (χ0) is 13.8. The van der Waals surface area contributed by atoms with E-state index in [1.165, 1.54) is 11.8 Å². The van der Waals surface area contributed by atoms with E-state index in [4.69, 9.17) is 11.5 Å². The number of benzene rings is 1. The van der Waals surface area contributed by atoms with Gasteiger partial charge in [0.1, 0.15) is 5.82 Å². The van der Waals surface area contributed by atoms with Gasteiger partial charge in [0.2, 0.25) is 11.1 Å². The number of nitrogens with two attached hydrogens (primary N) is 2. The largest absolute Gasteiger partial charge is 0.369 e. The molecule has 0 bridgehead atoms. The van der Waals surface area contributed by atoms with Crippen molar-refractivity contribution in [3.05, 3.63) is 41.2 Å². The van der Waals surface area contributed by atoms with Gasteiger partial charge in [-0.05, 0) is 12.5 Å². The summed E-state index contributed by atoms with van der Waals surface area (Å²) in [5.74, 6) is 0.314. The number of nitrogens with zero attached hydrogens (tertiary/aromatic N) is 2. The van der Waals surface area contributed by atoms with Crippen molar-refractivity contribution >= 4 is 17.7 Å². The molecule has 0 fully saturated rings. The molecule has 0 aliphatic carbocycles. The quantitative estimate of drug-likeness (QED) is 0.698. The molecular formula is C12H15N5OS. The van der Waals surface area contributed by atoms with Gasteiger partial charge in [-0.1, -0.05) is 41.6 Å². The monoisotopic (exact) mass is 277 g/mol. The van der Waals surface area contributed by atoms with Crippen molar-refractivity contribution in [3.63, 3.8) is 0 Å². The van der Waals surface area contributed by atoms with Crippen LogP contribution in [0.15, 0.2) is 29.4 Å². The molecule has 0 aliphatic rings. The average molecular weight is 277 g/mol. The minimum Gasteiger partial charge on any atom is -0.369 e. The molecule has 2 rings (SSSR count). The summed E-state index contributed by atoms with van der Waals surface area (Å²) in [5, 5.41) is 7.25.